The lowest BCUT2D eigenvalue weighted by atomic mass is 10.1. The summed E-state index contributed by atoms with van der Waals surface area (Å²) in [7, 11) is 0. The van der Waals surface area contributed by atoms with Gasteiger partial charge in [-0.25, -0.2) is 13.8 Å². The number of para-hydroxylation sites is 1. The van der Waals surface area contributed by atoms with Crippen LogP contribution in [0.1, 0.15) is 38.1 Å². The summed E-state index contributed by atoms with van der Waals surface area (Å²) in [6, 6.07) is 14.6. The van der Waals surface area contributed by atoms with Gasteiger partial charge in [0.25, 0.3) is 18.2 Å². The van der Waals surface area contributed by atoms with Crippen LogP contribution in [0.5, 0.6) is 5.75 Å². The van der Waals surface area contributed by atoms with E-state index < -0.39 is 23.9 Å². The fraction of sp³-hybridized carbons (Fsp3) is 0.0800. The number of primary amides is 1. The number of rotatable bonds is 8. The highest BCUT2D eigenvalue weighted by atomic mass is 79.9. The number of hydrogen-bond donors (Lipinski definition) is 2. The third-order valence-electron chi connectivity index (χ3n) is 5.25. The van der Waals surface area contributed by atoms with Gasteiger partial charge in [-0.2, -0.15) is 0 Å². The van der Waals surface area contributed by atoms with Crippen LogP contribution in [-0.4, -0.2) is 16.8 Å². The maximum Gasteiger partial charge on any atom is 0.291 e. The molecular weight excluding hydrogens is 572 g/mol. The number of carbonyl (C=O) groups excluding carboxylic acids is 2. The molecule has 8 nitrogen and oxygen atoms in total. The molecule has 0 spiro atoms. The molecule has 4 aromatic heterocycles. The fourth-order valence-electron chi connectivity index (χ4n) is 3.61. The van der Waals surface area contributed by atoms with Gasteiger partial charge in [0.1, 0.15) is 39.3 Å². The largest absolute Gasteiger partial charge is 0.484 e. The van der Waals surface area contributed by atoms with Crippen LogP contribution in [0.2, 0.25) is 0 Å². The summed E-state index contributed by atoms with van der Waals surface area (Å²) < 4.78 is 44.6. The maximum atomic E-state index is 13.5. The number of carbonyl (C=O) groups is 2. The molecule has 0 atom stereocenters. The molecule has 0 bridgehead atoms. The number of hydrogen-bond acceptors (Lipinski definition) is 7. The molecule has 0 aliphatic heterocycles. The fourth-order valence-corrected chi connectivity index (χ4v) is 5.02. The number of ether oxygens (including phenoxy) is 1. The van der Waals surface area contributed by atoms with Crippen molar-refractivity contribution < 1.29 is 31.9 Å². The van der Waals surface area contributed by atoms with Crippen molar-refractivity contribution in [3.05, 3.63) is 87.4 Å². The number of pyridine rings is 1. The molecule has 3 N–H and O–H groups in total. The molecule has 0 fully saturated rings. The van der Waals surface area contributed by atoms with Crippen molar-refractivity contribution in [2.45, 2.75) is 13.0 Å². The second kappa shape index (κ2) is 10.1. The van der Waals surface area contributed by atoms with Crippen LogP contribution in [0.3, 0.4) is 0 Å². The average molecular weight is 588 g/mol. The first-order valence-electron chi connectivity index (χ1n) is 10.7. The quantitative estimate of drug-likeness (QED) is 0.206. The number of amides is 2. The Morgan fingerprint density at radius 2 is 1.97 bits per heavy atom. The molecule has 5 rings (SSSR count). The number of nitrogens with two attached hydrogens (primary N) is 1. The normalized spacial score (nSPS) is 11.2. The van der Waals surface area contributed by atoms with E-state index in [-0.39, 0.29) is 44.5 Å². The first-order valence-corrected chi connectivity index (χ1v) is 12.3. The average Bonchev–Trinajstić information content (AvgIpc) is 3.63. The number of benzene rings is 1. The minimum Gasteiger partial charge on any atom is -0.484 e. The Morgan fingerprint density at radius 3 is 2.68 bits per heavy atom. The predicted octanol–water partition coefficient (Wildman–Crippen LogP) is 6.78. The number of halogens is 3. The van der Waals surface area contributed by atoms with Crippen LogP contribution in [0.4, 0.5) is 14.5 Å². The summed E-state index contributed by atoms with van der Waals surface area (Å²) in [5.74, 6) is -0.366. The van der Waals surface area contributed by atoms with Gasteiger partial charge in [0.15, 0.2) is 5.76 Å². The zero-order valence-corrected chi connectivity index (χ0v) is 21.1. The summed E-state index contributed by atoms with van der Waals surface area (Å²) >= 11 is 4.19. The summed E-state index contributed by atoms with van der Waals surface area (Å²) in [4.78, 5) is 29.3. The van der Waals surface area contributed by atoms with Gasteiger partial charge in [-0.3, -0.25) is 9.59 Å². The highest BCUT2D eigenvalue weighted by molar-refractivity contribution is 9.10. The lowest BCUT2D eigenvalue weighted by molar-refractivity contribution is 0.0992. The lowest BCUT2D eigenvalue weighted by Crippen LogP contribution is -2.16. The number of aromatic nitrogens is 1. The Balaban J connectivity index is 1.48. The van der Waals surface area contributed by atoms with Gasteiger partial charge in [-0.05, 0) is 58.4 Å². The number of furan rings is 2. The van der Waals surface area contributed by atoms with Crippen molar-refractivity contribution >= 4 is 55.0 Å². The molecule has 2 amide bonds. The van der Waals surface area contributed by atoms with Crippen LogP contribution in [-0.2, 0) is 6.61 Å². The first kappa shape index (κ1) is 24.7. The van der Waals surface area contributed by atoms with Crippen molar-refractivity contribution in [3.63, 3.8) is 0 Å². The molecule has 12 heteroatoms. The Hall–Kier alpha value is -4.03. The molecule has 0 aliphatic carbocycles. The van der Waals surface area contributed by atoms with Crippen molar-refractivity contribution in [3.8, 4) is 17.1 Å². The molecular formula is C25H16BrF2N3O5S. The number of thiophene rings is 1. The number of anilines is 1. The summed E-state index contributed by atoms with van der Waals surface area (Å²) in [6.07, 6.45) is -1.49. The van der Waals surface area contributed by atoms with Crippen molar-refractivity contribution in [2.24, 2.45) is 5.73 Å². The number of nitrogens with zero attached hydrogens (tertiary/aromatic N) is 1. The van der Waals surface area contributed by atoms with Crippen molar-refractivity contribution in [2.75, 3.05) is 5.32 Å². The van der Waals surface area contributed by atoms with Crippen LogP contribution in [0, 0.1) is 0 Å². The van der Waals surface area contributed by atoms with E-state index in [2.05, 4.69) is 26.2 Å². The van der Waals surface area contributed by atoms with Gasteiger partial charge >= 0.3 is 0 Å². The second-order valence-corrected chi connectivity index (χ2v) is 9.52. The zero-order valence-electron chi connectivity index (χ0n) is 18.7. The van der Waals surface area contributed by atoms with E-state index in [0.29, 0.717) is 11.5 Å². The molecule has 0 saturated carbocycles. The number of fused-ring (bicyclic) bond motifs is 1. The minimum absolute atomic E-state index is 0.0274. The molecule has 37 heavy (non-hydrogen) atoms. The zero-order chi connectivity index (χ0) is 26.1. The van der Waals surface area contributed by atoms with E-state index >= 15 is 0 Å². The van der Waals surface area contributed by atoms with E-state index in [1.165, 1.54) is 12.3 Å². The van der Waals surface area contributed by atoms with Gasteiger partial charge < -0.3 is 24.6 Å². The maximum absolute atomic E-state index is 13.5. The Morgan fingerprint density at radius 1 is 1.16 bits per heavy atom. The Bertz CT molecular complexity index is 1610. The van der Waals surface area contributed by atoms with Crippen LogP contribution in [0.15, 0.2) is 74.2 Å². The standard InChI is InChI=1S/C25H16BrF2N3O5S/c26-14-4-1-2-5-17(14)35-11-12-7-8-18(36-12)24(33)31-20-19-13(16-6-3-9-34-16)10-15(22(27)28)30-25(19)37-21(20)23(29)32/h1-10,22H,11H2,(H2,29,32)(H,31,33). The van der Waals surface area contributed by atoms with Crippen LogP contribution in [0.25, 0.3) is 21.5 Å². The topological polar surface area (TPSA) is 121 Å². The summed E-state index contributed by atoms with van der Waals surface area (Å²) in [5, 5.41) is 2.88. The minimum atomic E-state index is -2.87. The molecule has 188 valence electrons. The molecule has 0 aliphatic rings. The Kier molecular flexibility index (Phi) is 6.76. The van der Waals surface area contributed by atoms with Crippen LogP contribution >= 0.6 is 27.3 Å². The van der Waals surface area contributed by atoms with Gasteiger partial charge in [-0.1, -0.05) is 12.1 Å². The van der Waals surface area contributed by atoms with Crippen molar-refractivity contribution in [1.82, 2.24) is 4.98 Å². The van der Waals surface area contributed by atoms with E-state index in [1.54, 1.807) is 24.3 Å². The third-order valence-corrected chi connectivity index (χ3v) is 7.00. The highest BCUT2D eigenvalue weighted by Gasteiger charge is 2.26. The lowest BCUT2D eigenvalue weighted by Gasteiger charge is -2.09. The second-order valence-electron chi connectivity index (χ2n) is 7.66. The van der Waals surface area contributed by atoms with E-state index in [4.69, 9.17) is 19.3 Å². The van der Waals surface area contributed by atoms with Gasteiger partial charge in [0.2, 0.25) is 0 Å². The number of nitrogens with one attached hydrogen (secondary N) is 1. The summed E-state index contributed by atoms with van der Waals surface area (Å²) in [6.45, 7) is 0.0623. The van der Waals surface area contributed by atoms with Gasteiger partial charge in [0.05, 0.1) is 16.4 Å². The van der Waals surface area contributed by atoms with E-state index in [1.807, 2.05) is 18.2 Å². The summed E-state index contributed by atoms with van der Waals surface area (Å²) in [5.41, 5.74) is 5.30. The van der Waals surface area contributed by atoms with Gasteiger partial charge in [0, 0.05) is 10.9 Å². The molecule has 5 aromatic rings. The third kappa shape index (κ3) is 4.98. The monoisotopic (exact) mass is 587 g/mol. The molecule has 1 aromatic carbocycles. The predicted molar refractivity (Wildman–Crippen MR) is 136 cm³/mol. The molecule has 0 saturated heterocycles. The Labute approximate surface area is 220 Å². The first-order chi connectivity index (χ1) is 17.8. The smallest absolute Gasteiger partial charge is 0.291 e. The SMILES string of the molecule is NC(=O)c1sc2nc(C(F)F)cc(-c3ccco3)c2c1NC(=O)c1ccc(COc2ccccc2Br)o1. The molecule has 0 unspecified atom stereocenters. The highest BCUT2D eigenvalue weighted by Crippen LogP contribution is 2.42. The van der Waals surface area contributed by atoms with E-state index in [0.717, 1.165) is 21.9 Å². The molecule has 4 heterocycles. The number of alkyl halides is 2. The van der Waals surface area contributed by atoms with Crippen LogP contribution < -0.4 is 15.8 Å². The molecule has 0 radical (unpaired) electrons. The van der Waals surface area contributed by atoms with E-state index in [9.17, 15) is 18.4 Å². The van der Waals surface area contributed by atoms with Crippen molar-refractivity contribution in [1.29, 1.82) is 0 Å². The van der Waals surface area contributed by atoms with Gasteiger partial charge in [-0.15, -0.1) is 11.3 Å².